The molecule has 5 nitrogen and oxygen atoms in total. The summed E-state index contributed by atoms with van der Waals surface area (Å²) in [5.74, 6) is 0.0594. The van der Waals surface area contributed by atoms with Crippen LogP contribution in [0.25, 0.3) is 0 Å². The highest BCUT2D eigenvalue weighted by Crippen LogP contribution is 2.23. The second kappa shape index (κ2) is 8.76. The Morgan fingerprint density at radius 3 is 2.68 bits per heavy atom. The normalized spacial score (nSPS) is 17.3. The summed E-state index contributed by atoms with van der Waals surface area (Å²) in [7, 11) is 3.60. The maximum absolute atomic E-state index is 12.5. The van der Waals surface area contributed by atoms with Gasteiger partial charge in [-0.15, -0.1) is 12.4 Å². The lowest BCUT2D eigenvalue weighted by molar-refractivity contribution is -0.136. The summed E-state index contributed by atoms with van der Waals surface area (Å²) in [6.07, 6.45) is 1.97. The lowest BCUT2D eigenvalue weighted by Crippen LogP contribution is -2.43. The van der Waals surface area contributed by atoms with E-state index in [1.165, 1.54) is 0 Å². The van der Waals surface area contributed by atoms with Gasteiger partial charge >= 0.3 is 0 Å². The smallest absolute Gasteiger partial charge is 0.249 e. The number of hydrogen-bond donors (Lipinski definition) is 1. The van der Waals surface area contributed by atoms with Crippen LogP contribution in [0, 0.1) is 0 Å². The topological polar surface area (TPSA) is 52.7 Å². The number of likely N-dealkylation sites (N-methyl/N-ethyl adjacent to an activating group) is 1. The standard InChI is InChI=1S/C16H23N3O2.ClH/c1-17-11-6-9-15(20)18(2)14-10-12-19(16(14)21)13-7-4-3-5-8-13;/h3-5,7-8,14,17H,6,9-12H2,1-2H3;1H. The number of halogens is 1. The number of hydrogen-bond acceptors (Lipinski definition) is 3. The Bertz CT molecular complexity index is 495. The fraction of sp³-hybridized carbons (Fsp3) is 0.500. The first-order valence-corrected chi connectivity index (χ1v) is 7.42. The van der Waals surface area contributed by atoms with E-state index in [1.807, 2.05) is 37.4 Å². The van der Waals surface area contributed by atoms with Gasteiger partial charge in [-0.25, -0.2) is 0 Å². The summed E-state index contributed by atoms with van der Waals surface area (Å²) in [6, 6.07) is 9.29. The number of rotatable bonds is 6. The van der Waals surface area contributed by atoms with E-state index in [1.54, 1.807) is 16.8 Å². The van der Waals surface area contributed by atoms with Gasteiger partial charge in [0.05, 0.1) is 0 Å². The fourth-order valence-electron chi connectivity index (χ4n) is 2.66. The van der Waals surface area contributed by atoms with Crippen molar-refractivity contribution in [2.24, 2.45) is 0 Å². The number of nitrogens with one attached hydrogen (secondary N) is 1. The second-order valence-electron chi connectivity index (χ2n) is 5.34. The summed E-state index contributed by atoms with van der Waals surface area (Å²) < 4.78 is 0. The largest absolute Gasteiger partial charge is 0.334 e. The molecule has 1 saturated heterocycles. The lowest BCUT2D eigenvalue weighted by Gasteiger charge is -2.24. The average molecular weight is 326 g/mol. The van der Waals surface area contributed by atoms with Crippen molar-refractivity contribution in [1.29, 1.82) is 0 Å². The third-order valence-corrected chi connectivity index (χ3v) is 3.92. The SMILES string of the molecule is CNCCCC(=O)N(C)C1CCN(c2ccccc2)C1=O.Cl. The summed E-state index contributed by atoms with van der Waals surface area (Å²) in [4.78, 5) is 28.0. The molecule has 2 rings (SSSR count). The number of benzene rings is 1. The Morgan fingerprint density at radius 2 is 2.05 bits per heavy atom. The molecule has 1 atom stereocenters. The van der Waals surface area contributed by atoms with Gasteiger partial charge in [-0.1, -0.05) is 18.2 Å². The zero-order valence-corrected chi connectivity index (χ0v) is 13.9. The number of para-hydroxylation sites is 1. The van der Waals surface area contributed by atoms with Crippen molar-refractivity contribution in [3.05, 3.63) is 30.3 Å². The van der Waals surface area contributed by atoms with E-state index >= 15 is 0 Å². The lowest BCUT2D eigenvalue weighted by atomic mass is 10.2. The predicted octanol–water partition coefficient (Wildman–Crippen LogP) is 1.67. The van der Waals surface area contributed by atoms with Crippen molar-refractivity contribution in [3.63, 3.8) is 0 Å². The van der Waals surface area contributed by atoms with Gasteiger partial charge in [0.15, 0.2) is 0 Å². The Labute approximate surface area is 138 Å². The summed E-state index contributed by atoms with van der Waals surface area (Å²) >= 11 is 0. The van der Waals surface area contributed by atoms with E-state index in [0.29, 0.717) is 19.4 Å². The van der Waals surface area contributed by atoms with Gasteiger partial charge in [0.25, 0.3) is 0 Å². The van der Waals surface area contributed by atoms with E-state index in [9.17, 15) is 9.59 Å². The van der Waals surface area contributed by atoms with Crippen LogP contribution < -0.4 is 10.2 Å². The summed E-state index contributed by atoms with van der Waals surface area (Å²) in [6.45, 7) is 1.48. The number of amides is 2. The van der Waals surface area contributed by atoms with E-state index < -0.39 is 0 Å². The zero-order valence-electron chi connectivity index (χ0n) is 13.1. The van der Waals surface area contributed by atoms with Gasteiger partial charge in [-0.3, -0.25) is 9.59 Å². The molecule has 2 amide bonds. The molecule has 0 saturated carbocycles. The third-order valence-electron chi connectivity index (χ3n) is 3.92. The van der Waals surface area contributed by atoms with Crippen LogP contribution in [0.3, 0.4) is 0 Å². The van der Waals surface area contributed by atoms with Gasteiger partial charge in [-0.2, -0.15) is 0 Å². The fourth-order valence-corrected chi connectivity index (χ4v) is 2.66. The van der Waals surface area contributed by atoms with E-state index in [-0.39, 0.29) is 30.3 Å². The van der Waals surface area contributed by atoms with Crippen LogP contribution in [-0.4, -0.2) is 49.9 Å². The Balaban J connectivity index is 0.00000242. The Kier molecular flexibility index (Phi) is 7.35. The molecule has 22 heavy (non-hydrogen) atoms. The van der Waals surface area contributed by atoms with Crippen LogP contribution in [0.2, 0.25) is 0 Å². The molecule has 1 fully saturated rings. The molecule has 1 aromatic rings. The van der Waals surface area contributed by atoms with E-state index in [0.717, 1.165) is 18.7 Å². The number of carbonyl (C=O) groups excluding carboxylic acids is 2. The summed E-state index contributed by atoms with van der Waals surface area (Å²) in [5, 5.41) is 3.02. The van der Waals surface area contributed by atoms with Crippen LogP contribution in [0.5, 0.6) is 0 Å². The Hall–Kier alpha value is -1.59. The van der Waals surface area contributed by atoms with Crippen molar-refractivity contribution < 1.29 is 9.59 Å². The van der Waals surface area contributed by atoms with Crippen LogP contribution >= 0.6 is 12.4 Å². The van der Waals surface area contributed by atoms with Crippen molar-refractivity contribution in [2.45, 2.75) is 25.3 Å². The highest BCUT2D eigenvalue weighted by Gasteiger charge is 2.36. The molecule has 1 aliphatic rings. The molecular formula is C16H24ClN3O2. The molecule has 0 aromatic heterocycles. The zero-order chi connectivity index (χ0) is 15.2. The van der Waals surface area contributed by atoms with Gasteiger partial charge in [0.1, 0.15) is 6.04 Å². The van der Waals surface area contributed by atoms with Crippen molar-refractivity contribution in [1.82, 2.24) is 10.2 Å². The molecule has 1 aromatic carbocycles. The van der Waals surface area contributed by atoms with Crippen LogP contribution in [-0.2, 0) is 9.59 Å². The highest BCUT2D eigenvalue weighted by molar-refractivity contribution is 6.01. The predicted molar refractivity (Wildman–Crippen MR) is 90.4 cm³/mol. The Morgan fingerprint density at radius 1 is 1.36 bits per heavy atom. The monoisotopic (exact) mass is 325 g/mol. The van der Waals surface area contributed by atoms with E-state index in [4.69, 9.17) is 0 Å². The minimum absolute atomic E-state index is 0. The third kappa shape index (κ3) is 4.21. The first-order chi connectivity index (χ1) is 10.1. The molecule has 0 bridgehead atoms. The molecule has 0 aliphatic carbocycles. The van der Waals surface area contributed by atoms with Gasteiger partial charge < -0.3 is 15.1 Å². The minimum Gasteiger partial charge on any atom is -0.334 e. The van der Waals surface area contributed by atoms with E-state index in [2.05, 4.69) is 5.32 Å². The minimum atomic E-state index is -0.327. The van der Waals surface area contributed by atoms with Crippen molar-refractivity contribution >= 4 is 29.9 Å². The highest BCUT2D eigenvalue weighted by atomic mass is 35.5. The molecule has 122 valence electrons. The van der Waals surface area contributed by atoms with Crippen molar-refractivity contribution in [3.8, 4) is 0 Å². The number of carbonyl (C=O) groups is 2. The van der Waals surface area contributed by atoms with Crippen molar-refractivity contribution in [2.75, 3.05) is 32.1 Å². The molecule has 0 spiro atoms. The first-order valence-electron chi connectivity index (χ1n) is 7.42. The average Bonchev–Trinajstić information content (AvgIpc) is 2.89. The van der Waals surface area contributed by atoms with Gasteiger partial charge in [0, 0.05) is 25.7 Å². The molecule has 1 N–H and O–H groups in total. The van der Waals surface area contributed by atoms with Crippen LogP contribution in [0.1, 0.15) is 19.3 Å². The quantitative estimate of drug-likeness (QED) is 0.810. The first kappa shape index (κ1) is 18.5. The second-order valence-corrected chi connectivity index (χ2v) is 5.34. The number of nitrogens with zero attached hydrogens (tertiary/aromatic N) is 2. The molecular weight excluding hydrogens is 302 g/mol. The number of anilines is 1. The van der Waals surface area contributed by atoms with Crippen LogP contribution in [0.15, 0.2) is 30.3 Å². The molecule has 1 heterocycles. The van der Waals surface area contributed by atoms with Crippen LogP contribution in [0.4, 0.5) is 5.69 Å². The molecule has 1 aliphatic heterocycles. The molecule has 0 radical (unpaired) electrons. The van der Waals surface area contributed by atoms with Gasteiger partial charge in [0.2, 0.25) is 11.8 Å². The molecule has 1 unspecified atom stereocenters. The maximum atomic E-state index is 12.5. The maximum Gasteiger partial charge on any atom is 0.249 e. The molecule has 6 heteroatoms. The van der Waals surface area contributed by atoms with Gasteiger partial charge in [-0.05, 0) is 38.6 Å². The summed E-state index contributed by atoms with van der Waals surface area (Å²) in [5.41, 5.74) is 0.904.